The third-order valence-corrected chi connectivity index (χ3v) is 4.07. The van der Waals surface area contributed by atoms with E-state index in [1.807, 2.05) is 32.0 Å². The molecule has 0 aliphatic heterocycles. The molecule has 2 nitrogen and oxygen atoms in total. The smallest absolute Gasteiger partial charge is 0.128 e. The molecule has 4 heteroatoms. The number of hydrogen-bond acceptors (Lipinski definition) is 3. The predicted molar refractivity (Wildman–Crippen MR) is 86.2 cm³/mol. The summed E-state index contributed by atoms with van der Waals surface area (Å²) in [5.41, 5.74) is 2.86. The fourth-order valence-corrected chi connectivity index (χ4v) is 3.18. The third-order valence-electron chi connectivity index (χ3n) is 3.05. The molecule has 2 rings (SSSR count). The quantitative estimate of drug-likeness (QED) is 0.881. The highest BCUT2D eigenvalue weighted by atomic mass is 32.2. The van der Waals surface area contributed by atoms with Crippen molar-refractivity contribution in [2.75, 3.05) is 0 Å². The van der Waals surface area contributed by atoms with E-state index < -0.39 is 0 Å². The molecule has 1 aromatic carbocycles. The maximum atomic E-state index is 14.1. The van der Waals surface area contributed by atoms with Crippen LogP contribution < -0.4 is 5.32 Å². The highest BCUT2D eigenvalue weighted by Crippen LogP contribution is 2.31. The van der Waals surface area contributed by atoms with Gasteiger partial charge in [-0.15, -0.1) is 0 Å². The molecular formula is C17H21FN2S. The maximum Gasteiger partial charge on any atom is 0.128 e. The van der Waals surface area contributed by atoms with Gasteiger partial charge in [0.2, 0.25) is 0 Å². The molecule has 0 atom stereocenters. The van der Waals surface area contributed by atoms with Crippen LogP contribution in [0.15, 0.2) is 40.3 Å². The molecule has 0 bridgehead atoms. The van der Waals surface area contributed by atoms with E-state index in [0.717, 1.165) is 15.6 Å². The Balaban J connectivity index is 2.28. The molecule has 0 unspecified atom stereocenters. The van der Waals surface area contributed by atoms with Gasteiger partial charge in [0.25, 0.3) is 0 Å². The van der Waals surface area contributed by atoms with Crippen molar-refractivity contribution < 1.29 is 4.39 Å². The van der Waals surface area contributed by atoms with Crippen molar-refractivity contribution in [3.05, 3.63) is 53.0 Å². The molecule has 1 heterocycles. The number of aryl methyl sites for hydroxylation is 2. The molecule has 0 amide bonds. The van der Waals surface area contributed by atoms with Crippen LogP contribution in [0, 0.1) is 19.7 Å². The minimum atomic E-state index is -0.169. The van der Waals surface area contributed by atoms with Gasteiger partial charge in [-0.25, -0.2) is 9.37 Å². The Bertz CT molecular complexity index is 606. The minimum absolute atomic E-state index is 0.169. The summed E-state index contributed by atoms with van der Waals surface area (Å²) in [6.45, 7) is 8.66. The Morgan fingerprint density at radius 2 is 2.00 bits per heavy atom. The van der Waals surface area contributed by atoms with Crippen LogP contribution in [-0.4, -0.2) is 11.0 Å². The summed E-state index contributed by atoms with van der Waals surface area (Å²) in [6.07, 6.45) is 0. The van der Waals surface area contributed by atoms with E-state index in [2.05, 4.69) is 24.1 Å². The number of nitrogens with one attached hydrogen (secondary N) is 1. The molecule has 0 radical (unpaired) electrons. The lowest BCUT2D eigenvalue weighted by atomic mass is 10.2. The zero-order valence-corrected chi connectivity index (χ0v) is 13.7. The van der Waals surface area contributed by atoms with Crippen LogP contribution in [0.5, 0.6) is 0 Å². The fraction of sp³-hybridized carbons (Fsp3) is 0.353. The van der Waals surface area contributed by atoms with Crippen LogP contribution in [0.3, 0.4) is 0 Å². The molecule has 0 saturated heterocycles. The van der Waals surface area contributed by atoms with E-state index in [9.17, 15) is 4.39 Å². The third kappa shape index (κ3) is 4.55. The van der Waals surface area contributed by atoms with E-state index in [-0.39, 0.29) is 5.82 Å². The second kappa shape index (κ2) is 7.05. The minimum Gasteiger partial charge on any atom is -0.310 e. The lowest BCUT2D eigenvalue weighted by Crippen LogP contribution is -2.22. The zero-order chi connectivity index (χ0) is 15.4. The molecule has 0 aliphatic carbocycles. The number of hydrogen-bond donors (Lipinski definition) is 1. The van der Waals surface area contributed by atoms with Crippen LogP contribution in [-0.2, 0) is 6.54 Å². The number of rotatable bonds is 5. The van der Waals surface area contributed by atoms with Gasteiger partial charge in [0.1, 0.15) is 10.8 Å². The van der Waals surface area contributed by atoms with Gasteiger partial charge in [0.15, 0.2) is 0 Å². The van der Waals surface area contributed by atoms with Crippen molar-refractivity contribution in [1.82, 2.24) is 10.3 Å². The summed E-state index contributed by atoms with van der Waals surface area (Å²) < 4.78 is 14.1. The van der Waals surface area contributed by atoms with Crippen LogP contribution in [0.4, 0.5) is 4.39 Å². The Kier molecular flexibility index (Phi) is 5.37. The summed E-state index contributed by atoms with van der Waals surface area (Å²) in [4.78, 5) is 5.43. The number of aromatic nitrogens is 1. The lowest BCUT2D eigenvalue weighted by molar-refractivity contribution is 0.546. The number of nitrogens with zero attached hydrogens (tertiary/aromatic N) is 1. The van der Waals surface area contributed by atoms with Crippen molar-refractivity contribution in [2.24, 2.45) is 0 Å². The fourth-order valence-electron chi connectivity index (χ4n) is 2.08. The summed E-state index contributed by atoms with van der Waals surface area (Å²) >= 11 is 1.52. The summed E-state index contributed by atoms with van der Waals surface area (Å²) in [5.74, 6) is -0.169. The second-order valence-electron chi connectivity index (χ2n) is 5.48. The zero-order valence-electron chi connectivity index (χ0n) is 12.9. The largest absolute Gasteiger partial charge is 0.310 e. The van der Waals surface area contributed by atoms with Crippen molar-refractivity contribution in [3.8, 4) is 0 Å². The standard InChI is InChI=1S/C17H21FN2S/c1-11(2)19-10-14-15(18)6-5-7-16(14)21-17-9-12(3)8-13(4)20-17/h5-9,11,19H,10H2,1-4H3. The Hall–Kier alpha value is -1.39. The molecule has 0 saturated carbocycles. The van der Waals surface area contributed by atoms with Crippen LogP contribution >= 0.6 is 11.8 Å². The first-order valence-electron chi connectivity index (χ1n) is 7.09. The van der Waals surface area contributed by atoms with Crippen molar-refractivity contribution in [2.45, 2.75) is 50.2 Å². The predicted octanol–water partition coefficient (Wildman–Crippen LogP) is 4.49. The number of pyridine rings is 1. The molecule has 1 N–H and O–H groups in total. The maximum absolute atomic E-state index is 14.1. The first-order valence-corrected chi connectivity index (χ1v) is 7.91. The molecule has 1 aromatic heterocycles. The van der Waals surface area contributed by atoms with E-state index in [4.69, 9.17) is 0 Å². The molecular weight excluding hydrogens is 283 g/mol. The van der Waals surface area contributed by atoms with Crippen molar-refractivity contribution >= 4 is 11.8 Å². The van der Waals surface area contributed by atoms with E-state index in [1.165, 1.54) is 23.4 Å². The molecule has 2 aromatic rings. The van der Waals surface area contributed by atoms with Gasteiger partial charge < -0.3 is 5.32 Å². The molecule has 0 spiro atoms. The first kappa shape index (κ1) is 16.0. The van der Waals surface area contributed by atoms with Gasteiger partial charge in [-0.2, -0.15) is 0 Å². The average Bonchev–Trinajstić information content (AvgIpc) is 2.36. The molecule has 0 aliphatic rings. The summed E-state index contributed by atoms with van der Waals surface area (Å²) in [7, 11) is 0. The molecule has 21 heavy (non-hydrogen) atoms. The van der Waals surface area contributed by atoms with Gasteiger partial charge in [-0.1, -0.05) is 31.7 Å². The van der Waals surface area contributed by atoms with Crippen molar-refractivity contribution in [3.63, 3.8) is 0 Å². The van der Waals surface area contributed by atoms with Crippen LogP contribution in [0.25, 0.3) is 0 Å². The normalized spacial score (nSPS) is 11.1. The van der Waals surface area contributed by atoms with Gasteiger partial charge >= 0.3 is 0 Å². The van der Waals surface area contributed by atoms with Gasteiger partial charge in [0, 0.05) is 28.7 Å². The molecule has 0 fully saturated rings. The van der Waals surface area contributed by atoms with E-state index >= 15 is 0 Å². The van der Waals surface area contributed by atoms with Crippen LogP contribution in [0.1, 0.15) is 30.7 Å². The molecule has 112 valence electrons. The Labute approximate surface area is 130 Å². The second-order valence-corrected chi connectivity index (χ2v) is 6.54. The SMILES string of the molecule is Cc1cc(C)nc(Sc2cccc(F)c2CNC(C)C)c1. The highest BCUT2D eigenvalue weighted by Gasteiger charge is 2.11. The van der Waals surface area contributed by atoms with Crippen LogP contribution in [0.2, 0.25) is 0 Å². The Morgan fingerprint density at radius 1 is 1.24 bits per heavy atom. The topological polar surface area (TPSA) is 24.9 Å². The van der Waals surface area contributed by atoms with E-state index in [1.54, 1.807) is 6.07 Å². The number of halogens is 1. The first-order chi connectivity index (χ1) is 9.95. The van der Waals surface area contributed by atoms with E-state index in [0.29, 0.717) is 18.2 Å². The average molecular weight is 304 g/mol. The van der Waals surface area contributed by atoms with Gasteiger partial charge in [-0.05, 0) is 43.7 Å². The summed E-state index contributed by atoms with van der Waals surface area (Å²) in [5, 5.41) is 4.18. The van der Waals surface area contributed by atoms with Gasteiger partial charge in [-0.3, -0.25) is 0 Å². The highest BCUT2D eigenvalue weighted by molar-refractivity contribution is 7.99. The Morgan fingerprint density at radius 3 is 2.67 bits per heavy atom. The van der Waals surface area contributed by atoms with Gasteiger partial charge in [0.05, 0.1) is 0 Å². The summed E-state index contributed by atoms with van der Waals surface area (Å²) in [6, 6.07) is 9.60. The van der Waals surface area contributed by atoms with Crippen molar-refractivity contribution in [1.29, 1.82) is 0 Å². The number of benzene rings is 1. The monoisotopic (exact) mass is 304 g/mol. The lowest BCUT2D eigenvalue weighted by Gasteiger charge is -2.13.